The Balaban J connectivity index is 1.78. The van der Waals surface area contributed by atoms with Crippen LogP contribution in [0.5, 0.6) is 11.5 Å². The summed E-state index contributed by atoms with van der Waals surface area (Å²) in [6.07, 6.45) is 1.48. The molecular formula is C21H26N2O5S. The van der Waals surface area contributed by atoms with Crippen molar-refractivity contribution in [1.29, 1.82) is 0 Å². The Kier molecular flexibility index (Phi) is 6.32. The molecule has 3 rings (SSSR count). The van der Waals surface area contributed by atoms with E-state index in [0.717, 1.165) is 17.5 Å². The number of nitrogens with zero attached hydrogens (tertiary/aromatic N) is 1. The number of carbonyl (C=O) groups is 1. The van der Waals surface area contributed by atoms with Gasteiger partial charge in [-0.1, -0.05) is 6.07 Å². The molecule has 7 nitrogen and oxygen atoms in total. The van der Waals surface area contributed by atoms with E-state index in [0.29, 0.717) is 35.7 Å². The molecule has 0 aromatic heterocycles. The van der Waals surface area contributed by atoms with Crippen molar-refractivity contribution in [3.63, 3.8) is 0 Å². The molecule has 1 amide bonds. The zero-order valence-electron chi connectivity index (χ0n) is 16.9. The summed E-state index contributed by atoms with van der Waals surface area (Å²) in [5.74, 6) is 1.15. The largest absolute Gasteiger partial charge is 0.497 e. The van der Waals surface area contributed by atoms with E-state index >= 15 is 0 Å². The van der Waals surface area contributed by atoms with E-state index in [1.807, 2.05) is 13.0 Å². The van der Waals surface area contributed by atoms with E-state index in [4.69, 9.17) is 9.47 Å². The molecule has 0 spiro atoms. The number of sulfonamides is 1. The number of benzene rings is 2. The van der Waals surface area contributed by atoms with Gasteiger partial charge < -0.3 is 14.8 Å². The monoisotopic (exact) mass is 418 g/mol. The van der Waals surface area contributed by atoms with Gasteiger partial charge in [-0.25, -0.2) is 8.42 Å². The predicted octanol–water partition coefficient (Wildman–Crippen LogP) is 2.87. The SMILES string of the molecule is COc1ccc(CNC(=O)c2ccc(C)c(N3CCCCS3(=O)=O)c2)c(OC)c1. The molecule has 1 saturated heterocycles. The molecule has 1 aliphatic heterocycles. The van der Waals surface area contributed by atoms with Crippen LogP contribution in [0.4, 0.5) is 5.69 Å². The van der Waals surface area contributed by atoms with E-state index in [2.05, 4.69) is 5.32 Å². The van der Waals surface area contributed by atoms with Crippen LogP contribution in [0.2, 0.25) is 0 Å². The van der Waals surface area contributed by atoms with Gasteiger partial charge in [0.25, 0.3) is 5.91 Å². The van der Waals surface area contributed by atoms with Gasteiger partial charge in [0.1, 0.15) is 11.5 Å². The molecule has 156 valence electrons. The van der Waals surface area contributed by atoms with E-state index in [-0.39, 0.29) is 18.2 Å². The van der Waals surface area contributed by atoms with Gasteiger partial charge in [0, 0.05) is 30.3 Å². The Labute approximate surface area is 171 Å². The van der Waals surface area contributed by atoms with Gasteiger partial charge in [0.05, 0.1) is 25.7 Å². The summed E-state index contributed by atoms with van der Waals surface area (Å²) in [4.78, 5) is 12.7. The zero-order valence-corrected chi connectivity index (χ0v) is 17.7. The van der Waals surface area contributed by atoms with Gasteiger partial charge >= 0.3 is 0 Å². The number of hydrogen-bond donors (Lipinski definition) is 1. The second kappa shape index (κ2) is 8.73. The normalized spacial score (nSPS) is 15.6. The van der Waals surface area contributed by atoms with Crippen molar-refractivity contribution < 1.29 is 22.7 Å². The third-order valence-corrected chi connectivity index (χ3v) is 6.88. The van der Waals surface area contributed by atoms with Gasteiger partial charge in [-0.3, -0.25) is 9.10 Å². The molecule has 1 N–H and O–H groups in total. The maximum atomic E-state index is 12.7. The highest BCUT2D eigenvalue weighted by Gasteiger charge is 2.27. The average Bonchev–Trinajstić information content (AvgIpc) is 2.72. The molecule has 0 atom stereocenters. The maximum Gasteiger partial charge on any atom is 0.251 e. The lowest BCUT2D eigenvalue weighted by Gasteiger charge is -2.29. The summed E-state index contributed by atoms with van der Waals surface area (Å²) in [6, 6.07) is 10.5. The Morgan fingerprint density at radius 1 is 1.10 bits per heavy atom. The number of anilines is 1. The molecule has 0 unspecified atom stereocenters. The summed E-state index contributed by atoms with van der Waals surface area (Å²) in [5, 5.41) is 2.87. The van der Waals surface area contributed by atoms with Crippen molar-refractivity contribution in [3.05, 3.63) is 53.1 Å². The van der Waals surface area contributed by atoms with E-state index in [1.165, 1.54) is 4.31 Å². The highest BCUT2D eigenvalue weighted by molar-refractivity contribution is 7.92. The molecule has 8 heteroatoms. The zero-order chi connectivity index (χ0) is 21.0. The summed E-state index contributed by atoms with van der Waals surface area (Å²) in [6.45, 7) is 2.57. The van der Waals surface area contributed by atoms with Crippen molar-refractivity contribution in [2.75, 3.05) is 30.8 Å². The fourth-order valence-electron chi connectivity index (χ4n) is 3.35. The Morgan fingerprint density at radius 2 is 1.90 bits per heavy atom. The minimum Gasteiger partial charge on any atom is -0.497 e. The Morgan fingerprint density at radius 3 is 2.59 bits per heavy atom. The summed E-state index contributed by atoms with van der Waals surface area (Å²) >= 11 is 0. The first kappa shape index (κ1) is 21.0. The molecule has 1 aliphatic rings. The van der Waals surface area contributed by atoms with Crippen molar-refractivity contribution >= 4 is 21.6 Å². The molecule has 1 heterocycles. The summed E-state index contributed by atoms with van der Waals surface area (Å²) < 4.78 is 36.9. The van der Waals surface area contributed by atoms with E-state index < -0.39 is 10.0 Å². The first-order chi connectivity index (χ1) is 13.9. The maximum absolute atomic E-state index is 12.7. The van der Waals surface area contributed by atoms with Crippen LogP contribution in [-0.4, -0.2) is 40.8 Å². The third kappa shape index (κ3) is 4.64. The lowest BCUT2D eigenvalue weighted by atomic mass is 10.1. The number of carbonyl (C=O) groups excluding carboxylic acids is 1. The molecule has 0 radical (unpaired) electrons. The van der Waals surface area contributed by atoms with Crippen LogP contribution in [0.1, 0.15) is 34.3 Å². The minimum absolute atomic E-state index is 0.139. The molecule has 0 bridgehead atoms. The molecule has 2 aromatic rings. The lowest BCUT2D eigenvalue weighted by molar-refractivity contribution is 0.0950. The van der Waals surface area contributed by atoms with Crippen molar-refractivity contribution in [2.24, 2.45) is 0 Å². The first-order valence-electron chi connectivity index (χ1n) is 9.46. The van der Waals surface area contributed by atoms with E-state index in [1.54, 1.807) is 44.6 Å². The van der Waals surface area contributed by atoms with Gasteiger partial charge in [-0.15, -0.1) is 0 Å². The fraction of sp³-hybridized carbons (Fsp3) is 0.381. The van der Waals surface area contributed by atoms with Crippen LogP contribution in [0.25, 0.3) is 0 Å². The second-order valence-electron chi connectivity index (χ2n) is 6.96. The smallest absolute Gasteiger partial charge is 0.251 e. The van der Waals surface area contributed by atoms with Crippen molar-refractivity contribution in [1.82, 2.24) is 5.32 Å². The first-order valence-corrected chi connectivity index (χ1v) is 11.1. The topological polar surface area (TPSA) is 84.9 Å². The number of methoxy groups -OCH3 is 2. The number of ether oxygens (including phenoxy) is 2. The molecule has 2 aromatic carbocycles. The van der Waals surface area contributed by atoms with Crippen molar-refractivity contribution in [3.8, 4) is 11.5 Å². The Bertz CT molecular complexity index is 1000. The highest BCUT2D eigenvalue weighted by atomic mass is 32.2. The molecular weight excluding hydrogens is 392 g/mol. The standard InChI is InChI=1S/C21H26N2O5S/c1-15-6-7-16(12-19(15)23-10-4-5-11-29(23,25)26)21(24)22-14-17-8-9-18(27-2)13-20(17)28-3/h6-9,12-13H,4-5,10-11,14H2,1-3H3,(H,22,24). The molecule has 29 heavy (non-hydrogen) atoms. The summed E-state index contributed by atoms with van der Waals surface area (Å²) in [7, 11) is -0.201. The number of hydrogen-bond acceptors (Lipinski definition) is 5. The van der Waals surface area contributed by atoms with Crippen LogP contribution in [0, 0.1) is 6.92 Å². The van der Waals surface area contributed by atoms with E-state index in [9.17, 15) is 13.2 Å². The average molecular weight is 419 g/mol. The quantitative estimate of drug-likeness (QED) is 0.780. The van der Waals surface area contributed by atoms with Gasteiger partial charge in [-0.2, -0.15) is 0 Å². The minimum atomic E-state index is -3.34. The van der Waals surface area contributed by atoms with Crippen LogP contribution < -0.4 is 19.1 Å². The fourth-order valence-corrected chi connectivity index (χ4v) is 5.05. The third-order valence-electron chi connectivity index (χ3n) is 5.02. The number of amides is 1. The van der Waals surface area contributed by atoms with Crippen LogP contribution in [0.3, 0.4) is 0 Å². The lowest BCUT2D eigenvalue weighted by Crippen LogP contribution is -2.38. The number of nitrogens with one attached hydrogen (secondary N) is 1. The van der Waals surface area contributed by atoms with Crippen LogP contribution in [0.15, 0.2) is 36.4 Å². The molecule has 0 aliphatic carbocycles. The number of rotatable bonds is 6. The van der Waals surface area contributed by atoms with Gasteiger partial charge in [0.2, 0.25) is 10.0 Å². The van der Waals surface area contributed by atoms with Gasteiger partial charge in [0.15, 0.2) is 0 Å². The molecule has 0 saturated carbocycles. The van der Waals surface area contributed by atoms with Crippen LogP contribution in [-0.2, 0) is 16.6 Å². The second-order valence-corrected chi connectivity index (χ2v) is 8.97. The predicted molar refractivity (Wildman–Crippen MR) is 112 cm³/mol. The summed E-state index contributed by atoms with van der Waals surface area (Å²) in [5.41, 5.74) is 2.62. The van der Waals surface area contributed by atoms with Crippen molar-refractivity contribution in [2.45, 2.75) is 26.3 Å². The van der Waals surface area contributed by atoms with Gasteiger partial charge in [-0.05, 0) is 49.6 Å². The number of aryl methyl sites for hydroxylation is 1. The highest BCUT2D eigenvalue weighted by Crippen LogP contribution is 2.28. The molecule has 1 fully saturated rings. The Hall–Kier alpha value is -2.74. The van der Waals surface area contributed by atoms with Crippen LogP contribution >= 0.6 is 0 Å².